The van der Waals surface area contributed by atoms with Crippen LogP contribution >= 0.6 is 11.6 Å². The van der Waals surface area contributed by atoms with Gasteiger partial charge in [-0.15, -0.1) is 0 Å². The lowest BCUT2D eigenvalue weighted by atomic mass is 10.0. The molecule has 3 aromatic rings. The van der Waals surface area contributed by atoms with Gasteiger partial charge < -0.3 is 10.1 Å². The Morgan fingerprint density at radius 3 is 2.77 bits per heavy atom. The second kappa shape index (κ2) is 8.49. The second-order valence-electron chi connectivity index (χ2n) is 7.65. The van der Waals surface area contributed by atoms with E-state index in [9.17, 15) is 14.5 Å². The lowest BCUT2D eigenvalue weighted by Crippen LogP contribution is -2.35. The van der Waals surface area contributed by atoms with Crippen LogP contribution in [0.4, 0.5) is 10.2 Å². The molecule has 0 spiro atoms. The van der Waals surface area contributed by atoms with Gasteiger partial charge in [-0.3, -0.25) is 14.5 Å². The van der Waals surface area contributed by atoms with Crippen molar-refractivity contribution in [3.05, 3.63) is 75.1 Å². The van der Waals surface area contributed by atoms with Crippen LogP contribution in [0, 0.1) is 21.8 Å². The maximum Gasteiger partial charge on any atom is 0.383 e. The highest BCUT2D eigenvalue weighted by Crippen LogP contribution is 2.25. The number of hydrogen-bond donors (Lipinski definition) is 0. The minimum atomic E-state index is -0.544. The van der Waals surface area contributed by atoms with Gasteiger partial charge in [-0.1, -0.05) is 25.1 Å². The molecule has 4 rings (SSSR count). The van der Waals surface area contributed by atoms with Crippen LogP contribution in [0.3, 0.4) is 0 Å². The summed E-state index contributed by atoms with van der Waals surface area (Å²) in [4.78, 5) is 21.1. The standard InChI is InChI=1S/C21H21ClFN5O2/c1-14(11-27-13-20(28(29)30)25-21(27)22)10-26-9-8-18-15(12-26)6-7-19(24-18)16-4-2-3-5-17(16)23/h2-7,13-14H,8-12H2,1H3/t14-/m1/s1. The summed E-state index contributed by atoms with van der Waals surface area (Å²) >= 11 is 6.02. The molecule has 0 bridgehead atoms. The topological polar surface area (TPSA) is 77.1 Å². The van der Waals surface area contributed by atoms with Crippen molar-refractivity contribution in [2.24, 2.45) is 5.92 Å². The molecule has 0 unspecified atom stereocenters. The molecule has 0 N–H and O–H groups in total. The minimum absolute atomic E-state index is 0.127. The van der Waals surface area contributed by atoms with Crippen LogP contribution < -0.4 is 0 Å². The number of halogens is 2. The van der Waals surface area contributed by atoms with Crippen LogP contribution in [-0.2, 0) is 19.5 Å². The number of hydrogen-bond acceptors (Lipinski definition) is 5. The Hall–Kier alpha value is -2.84. The van der Waals surface area contributed by atoms with E-state index < -0.39 is 4.92 Å². The highest BCUT2D eigenvalue weighted by molar-refractivity contribution is 6.28. The van der Waals surface area contributed by atoms with E-state index in [4.69, 9.17) is 16.6 Å². The molecule has 0 saturated heterocycles. The number of aromatic nitrogens is 3. The number of fused-ring (bicyclic) bond motifs is 1. The number of rotatable bonds is 6. The Labute approximate surface area is 178 Å². The van der Waals surface area contributed by atoms with Crippen LogP contribution in [0.2, 0.25) is 5.28 Å². The Morgan fingerprint density at radius 2 is 2.03 bits per heavy atom. The van der Waals surface area contributed by atoms with Gasteiger partial charge in [0.15, 0.2) is 0 Å². The van der Waals surface area contributed by atoms with Crippen molar-refractivity contribution in [3.63, 3.8) is 0 Å². The zero-order valence-electron chi connectivity index (χ0n) is 16.5. The number of imidazole rings is 1. The first-order valence-corrected chi connectivity index (χ1v) is 10.1. The predicted octanol–water partition coefficient (Wildman–Crippen LogP) is 4.34. The van der Waals surface area contributed by atoms with E-state index in [1.807, 2.05) is 18.2 Å². The summed E-state index contributed by atoms with van der Waals surface area (Å²) in [6.07, 6.45) is 2.17. The van der Waals surface area contributed by atoms with E-state index in [0.717, 1.165) is 37.3 Å². The first-order valence-electron chi connectivity index (χ1n) is 9.74. The van der Waals surface area contributed by atoms with Crippen LogP contribution in [0.15, 0.2) is 42.6 Å². The number of pyridine rings is 1. The third-order valence-electron chi connectivity index (χ3n) is 5.26. The lowest BCUT2D eigenvalue weighted by molar-refractivity contribution is -0.389. The van der Waals surface area contributed by atoms with Crippen LogP contribution in [0.1, 0.15) is 18.2 Å². The molecule has 0 saturated carbocycles. The minimum Gasteiger partial charge on any atom is -0.358 e. The Bertz CT molecular complexity index is 1090. The van der Waals surface area contributed by atoms with Gasteiger partial charge in [0, 0.05) is 43.9 Å². The van der Waals surface area contributed by atoms with Crippen LogP contribution in [-0.4, -0.2) is 37.4 Å². The van der Waals surface area contributed by atoms with Crippen molar-refractivity contribution in [2.45, 2.75) is 26.4 Å². The lowest BCUT2D eigenvalue weighted by Gasteiger charge is -2.30. The molecule has 7 nitrogen and oxygen atoms in total. The van der Waals surface area contributed by atoms with E-state index in [2.05, 4.69) is 16.8 Å². The largest absolute Gasteiger partial charge is 0.383 e. The summed E-state index contributed by atoms with van der Waals surface area (Å²) in [5.74, 6) is -0.283. The summed E-state index contributed by atoms with van der Waals surface area (Å²) in [7, 11) is 0. The van der Waals surface area contributed by atoms with Gasteiger partial charge >= 0.3 is 11.1 Å². The van der Waals surface area contributed by atoms with Crippen molar-refractivity contribution in [1.82, 2.24) is 19.4 Å². The normalized spacial score (nSPS) is 15.0. The van der Waals surface area contributed by atoms with Gasteiger partial charge in [0.05, 0.1) is 5.69 Å². The molecular formula is C21H21ClFN5O2. The van der Waals surface area contributed by atoms with Crippen molar-refractivity contribution in [1.29, 1.82) is 0 Å². The smallest absolute Gasteiger partial charge is 0.358 e. The maximum atomic E-state index is 14.1. The fraction of sp³-hybridized carbons (Fsp3) is 0.333. The number of nitrogens with zero attached hydrogens (tertiary/aromatic N) is 5. The average molecular weight is 430 g/mol. The molecule has 3 heterocycles. The van der Waals surface area contributed by atoms with Gasteiger partial charge in [0.25, 0.3) is 0 Å². The van der Waals surface area contributed by atoms with E-state index in [1.165, 1.54) is 12.3 Å². The van der Waals surface area contributed by atoms with Crippen molar-refractivity contribution in [3.8, 4) is 11.3 Å². The summed E-state index contributed by atoms with van der Waals surface area (Å²) in [6, 6.07) is 10.6. The fourth-order valence-corrected chi connectivity index (χ4v) is 4.08. The van der Waals surface area contributed by atoms with E-state index in [0.29, 0.717) is 17.8 Å². The zero-order chi connectivity index (χ0) is 21.3. The molecule has 30 heavy (non-hydrogen) atoms. The summed E-state index contributed by atoms with van der Waals surface area (Å²) in [5.41, 5.74) is 3.32. The van der Waals surface area contributed by atoms with Gasteiger partial charge in [-0.2, -0.15) is 0 Å². The van der Waals surface area contributed by atoms with Gasteiger partial charge in [-0.05, 0) is 51.2 Å². The zero-order valence-corrected chi connectivity index (χ0v) is 17.2. The number of nitro groups is 1. The molecule has 1 atom stereocenters. The first kappa shape index (κ1) is 20.4. The summed E-state index contributed by atoms with van der Waals surface area (Å²) < 4.78 is 15.7. The SMILES string of the molecule is C[C@H](CN1CCc2nc(-c3ccccc3F)ccc2C1)Cn1cc([N+](=O)[O-])nc1Cl. The third-order valence-corrected chi connectivity index (χ3v) is 5.56. The summed E-state index contributed by atoms with van der Waals surface area (Å²) in [5, 5.41) is 11.0. The molecule has 1 aliphatic heterocycles. The van der Waals surface area contributed by atoms with Gasteiger partial charge in [-0.25, -0.2) is 4.39 Å². The molecule has 0 fully saturated rings. The molecule has 0 amide bonds. The maximum absolute atomic E-state index is 14.1. The molecule has 156 valence electrons. The Kier molecular flexibility index (Phi) is 5.78. The molecule has 2 aromatic heterocycles. The van der Waals surface area contributed by atoms with Gasteiger partial charge in [0.1, 0.15) is 12.0 Å². The highest BCUT2D eigenvalue weighted by Gasteiger charge is 2.22. The molecule has 1 aliphatic rings. The van der Waals surface area contributed by atoms with Crippen molar-refractivity contribution >= 4 is 17.4 Å². The van der Waals surface area contributed by atoms with Crippen molar-refractivity contribution in [2.75, 3.05) is 13.1 Å². The fourth-order valence-electron chi connectivity index (χ4n) is 3.88. The Morgan fingerprint density at radius 1 is 1.23 bits per heavy atom. The third kappa shape index (κ3) is 4.34. The average Bonchev–Trinajstić information content (AvgIpc) is 3.08. The molecule has 0 radical (unpaired) electrons. The number of benzene rings is 1. The van der Waals surface area contributed by atoms with Crippen LogP contribution in [0.25, 0.3) is 11.3 Å². The Balaban J connectivity index is 1.41. The molecule has 9 heteroatoms. The van der Waals surface area contributed by atoms with Crippen LogP contribution in [0.5, 0.6) is 0 Å². The molecule has 0 aliphatic carbocycles. The summed E-state index contributed by atoms with van der Waals surface area (Å²) in [6.45, 7) is 5.06. The monoisotopic (exact) mass is 429 g/mol. The first-order chi connectivity index (χ1) is 14.4. The van der Waals surface area contributed by atoms with E-state index in [1.54, 1.807) is 16.7 Å². The molecule has 1 aromatic carbocycles. The second-order valence-corrected chi connectivity index (χ2v) is 7.99. The van der Waals surface area contributed by atoms with Crippen molar-refractivity contribution < 1.29 is 9.31 Å². The predicted molar refractivity (Wildman–Crippen MR) is 112 cm³/mol. The van der Waals surface area contributed by atoms with E-state index >= 15 is 0 Å². The van der Waals surface area contributed by atoms with Gasteiger partial charge in [0.2, 0.25) is 0 Å². The molecular weight excluding hydrogens is 409 g/mol. The van der Waals surface area contributed by atoms with E-state index in [-0.39, 0.29) is 22.8 Å². The highest BCUT2D eigenvalue weighted by atomic mass is 35.5. The quantitative estimate of drug-likeness (QED) is 0.430.